The molecule has 1 fully saturated rings. The molecule has 2 atom stereocenters. The quantitative estimate of drug-likeness (QED) is 0.915. The number of alkyl halides is 1. The second-order valence-electron chi connectivity index (χ2n) is 4.67. The largest absolute Gasteiger partial charge is 0.464 e. The summed E-state index contributed by atoms with van der Waals surface area (Å²) >= 11 is 1.72. The lowest BCUT2D eigenvalue weighted by Gasteiger charge is -2.28. The van der Waals surface area contributed by atoms with Gasteiger partial charge in [-0.2, -0.15) is 0 Å². The first kappa shape index (κ1) is 14.4. The SMILES string of the molecule is C/C=c1/cco/c1=C/C=C(\C)C1CNCC(CF)S1. The Morgan fingerprint density at radius 2 is 2.42 bits per heavy atom. The molecule has 2 unspecified atom stereocenters. The molecule has 2 rings (SSSR count). The van der Waals surface area contributed by atoms with E-state index >= 15 is 0 Å². The van der Waals surface area contributed by atoms with Crippen LogP contribution in [0.3, 0.4) is 0 Å². The lowest BCUT2D eigenvalue weighted by molar-refractivity contribution is 0.461. The third-order valence-electron chi connectivity index (χ3n) is 3.27. The Labute approximate surface area is 117 Å². The lowest BCUT2D eigenvalue weighted by atomic mass is 10.2. The molecule has 0 spiro atoms. The number of halogens is 1. The van der Waals surface area contributed by atoms with Crippen LogP contribution >= 0.6 is 11.8 Å². The summed E-state index contributed by atoms with van der Waals surface area (Å²) in [6.45, 7) is 5.49. The number of rotatable bonds is 3. The van der Waals surface area contributed by atoms with Crippen LogP contribution in [0.1, 0.15) is 13.8 Å². The highest BCUT2D eigenvalue weighted by Gasteiger charge is 2.22. The van der Waals surface area contributed by atoms with E-state index in [0.29, 0.717) is 5.25 Å². The molecular weight excluding hydrogens is 261 g/mol. The number of hydrogen-bond donors (Lipinski definition) is 1. The maximum atomic E-state index is 12.7. The van der Waals surface area contributed by atoms with Crippen molar-refractivity contribution in [1.82, 2.24) is 5.32 Å². The average molecular weight is 281 g/mol. The van der Waals surface area contributed by atoms with E-state index < -0.39 is 0 Å². The third kappa shape index (κ3) is 3.74. The molecule has 0 saturated carbocycles. The van der Waals surface area contributed by atoms with Crippen molar-refractivity contribution >= 4 is 23.9 Å². The first-order valence-corrected chi connectivity index (χ1v) is 7.49. The minimum atomic E-state index is -0.266. The fraction of sp³-hybridized carbons (Fsp3) is 0.467. The zero-order chi connectivity index (χ0) is 13.7. The van der Waals surface area contributed by atoms with Gasteiger partial charge in [-0.05, 0) is 26.0 Å². The predicted octanol–water partition coefficient (Wildman–Crippen LogP) is 1.85. The molecule has 0 aromatic carbocycles. The Kier molecular flexibility index (Phi) is 5.28. The van der Waals surface area contributed by atoms with Gasteiger partial charge in [0, 0.05) is 28.8 Å². The van der Waals surface area contributed by atoms with Gasteiger partial charge < -0.3 is 9.73 Å². The van der Waals surface area contributed by atoms with Crippen LogP contribution in [-0.4, -0.2) is 30.3 Å². The van der Waals surface area contributed by atoms with Crippen LogP contribution in [0.4, 0.5) is 4.39 Å². The number of hydrogen-bond acceptors (Lipinski definition) is 3. The van der Waals surface area contributed by atoms with Gasteiger partial charge in [0.05, 0.1) is 6.26 Å². The highest BCUT2D eigenvalue weighted by atomic mass is 32.2. The van der Waals surface area contributed by atoms with Crippen molar-refractivity contribution in [3.05, 3.63) is 34.6 Å². The van der Waals surface area contributed by atoms with Crippen molar-refractivity contribution in [3.8, 4) is 0 Å². The number of furan rings is 1. The van der Waals surface area contributed by atoms with Crippen LogP contribution in [-0.2, 0) is 0 Å². The van der Waals surface area contributed by atoms with Gasteiger partial charge in [0.1, 0.15) is 12.1 Å². The van der Waals surface area contributed by atoms with Gasteiger partial charge in [0.25, 0.3) is 0 Å². The van der Waals surface area contributed by atoms with Crippen LogP contribution in [0.2, 0.25) is 0 Å². The van der Waals surface area contributed by atoms with Crippen molar-refractivity contribution in [2.45, 2.75) is 24.3 Å². The molecule has 2 nitrogen and oxygen atoms in total. The highest BCUT2D eigenvalue weighted by Crippen LogP contribution is 2.26. The summed E-state index contributed by atoms with van der Waals surface area (Å²) in [5.74, 6) is 0. The Morgan fingerprint density at radius 1 is 1.58 bits per heavy atom. The molecule has 1 aliphatic heterocycles. The second kappa shape index (κ2) is 6.96. The van der Waals surface area contributed by atoms with E-state index in [-0.39, 0.29) is 11.9 Å². The first-order valence-electron chi connectivity index (χ1n) is 6.55. The molecule has 1 aliphatic rings. The second-order valence-corrected chi connectivity index (χ2v) is 6.17. The smallest absolute Gasteiger partial charge is 0.133 e. The molecular formula is C15H20FNOS. The van der Waals surface area contributed by atoms with Crippen LogP contribution < -0.4 is 16.0 Å². The van der Waals surface area contributed by atoms with Gasteiger partial charge in [-0.25, -0.2) is 4.39 Å². The normalized spacial score (nSPS) is 27.0. The monoisotopic (exact) mass is 281 g/mol. The van der Waals surface area contributed by atoms with Crippen molar-refractivity contribution < 1.29 is 8.81 Å². The minimum absolute atomic E-state index is 0.0743. The van der Waals surface area contributed by atoms with E-state index in [1.807, 2.05) is 25.1 Å². The molecule has 1 aromatic heterocycles. The molecule has 0 aliphatic carbocycles. The maximum absolute atomic E-state index is 12.7. The van der Waals surface area contributed by atoms with E-state index in [2.05, 4.69) is 18.3 Å². The molecule has 2 heterocycles. The summed E-state index contributed by atoms with van der Waals surface area (Å²) in [4.78, 5) is 0. The minimum Gasteiger partial charge on any atom is -0.464 e. The van der Waals surface area contributed by atoms with Crippen molar-refractivity contribution in [2.75, 3.05) is 19.8 Å². The number of nitrogens with one attached hydrogen (secondary N) is 1. The molecule has 1 N–H and O–H groups in total. The van der Waals surface area contributed by atoms with Gasteiger partial charge in [0.2, 0.25) is 0 Å². The summed E-state index contributed by atoms with van der Waals surface area (Å²) in [6, 6.07) is 1.95. The zero-order valence-corrected chi connectivity index (χ0v) is 12.2. The van der Waals surface area contributed by atoms with E-state index in [1.165, 1.54) is 5.57 Å². The summed E-state index contributed by atoms with van der Waals surface area (Å²) in [6.07, 6.45) is 7.78. The zero-order valence-electron chi connectivity index (χ0n) is 11.4. The first-order chi connectivity index (χ1) is 9.24. The van der Waals surface area contributed by atoms with Gasteiger partial charge >= 0.3 is 0 Å². The van der Waals surface area contributed by atoms with Gasteiger partial charge in [-0.3, -0.25) is 0 Å². The standard InChI is InChI=1S/C15H20FNOS/c1-3-12-6-7-18-14(12)5-4-11(2)15-10-17-9-13(8-16)19-15/h3-7,13,15,17H,8-10H2,1-2H3/b11-4+,12-3-,14-5+. The van der Waals surface area contributed by atoms with Crippen LogP contribution in [0.5, 0.6) is 0 Å². The van der Waals surface area contributed by atoms with Crippen LogP contribution in [0.25, 0.3) is 12.2 Å². The topological polar surface area (TPSA) is 25.2 Å². The summed E-state index contributed by atoms with van der Waals surface area (Å²) in [5, 5.41) is 4.80. The highest BCUT2D eigenvalue weighted by molar-refractivity contribution is 8.00. The van der Waals surface area contributed by atoms with Crippen LogP contribution in [0.15, 0.2) is 28.4 Å². The van der Waals surface area contributed by atoms with Crippen molar-refractivity contribution in [3.63, 3.8) is 0 Å². The third-order valence-corrected chi connectivity index (χ3v) is 4.82. The Balaban J connectivity index is 2.13. The fourth-order valence-corrected chi connectivity index (χ4v) is 3.34. The Hall–Kier alpha value is -1.000. The summed E-state index contributed by atoms with van der Waals surface area (Å²) in [5.41, 5.74) is 2.12. The predicted molar refractivity (Wildman–Crippen MR) is 80.3 cm³/mol. The molecule has 0 bridgehead atoms. The lowest BCUT2D eigenvalue weighted by Crippen LogP contribution is -2.39. The molecule has 1 aromatic rings. The van der Waals surface area contributed by atoms with Gasteiger partial charge in [-0.1, -0.05) is 17.7 Å². The molecule has 0 radical (unpaired) electrons. The van der Waals surface area contributed by atoms with E-state index in [1.54, 1.807) is 18.0 Å². The van der Waals surface area contributed by atoms with Gasteiger partial charge in [0.15, 0.2) is 0 Å². The van der Waals surface area contributed by atoms with Gasteiger partial charge in [-0.15, -0.1) is 11.8 Å². The van der Waals surface area contributed by atoms with Crippen molar-refractivity contribution in [1.29, 1.82) is 0 Å². The molecule has 104 valence electrons. The maximum Gasteiger partial charge on any atom is 0.133 e. The molecule has 0 amide bonds. The molecule has 4 heteroatoms. The molecule has 19 heavy (non-hydrogen) atoms. The number of thioether (sulfide) groups is 1. The Bertz CT molecular complexity index is 549. The van der Waals surface area contributed by atoms with Crippen LogP contribution in [0, 0.1) is 0 Å². The van der Waals surface area contributed by atoms with Crippen molar-refractivity contribution in [2.24, 2.45) is 0 Å². The summed E-state index contributed by atoms with van der Waals surface area (Å²) < 4.78 is 18.1. The van der Waals surface area contributed by atoms with E-state index in [4.69, 9.17) is 4.42 Å². The fourth-order valence-electron chi connectivity index (χ4n) is 2.08. The number of allylic oxidation sites excluding steroid dienone is 1. The van der Waals surface area contributed by atoms with E-state index in [0.717, 1.165) is 23.7 Å². The van der Waals surface area contributed by atoms with E-state index in [9.17, 15) is 4.39 Å². The Morgan fingerprint density at radius 3 is 3.16 bits per heavy atom. The average Bonchev–Trinajstić information content (AvgIpc) is 2.92. The molecule has 1 saturated heterocycles. The summed E-state index contributed by atoms with van der Waals surface area (Å²) in [7, 11) is 0.